The fourth-order valence-corrected chi connectivity index (χ4v) is 2.55. The highest BCUT2D eigenvalue weighted by atomic mass is 16.6. The molecule has 0 unspecified atom stereocenters. The fraction of sp³-hybridized carbons (Fsp3) is 0.867. The second-order valence-corrected chi connectivity index (χ2v) is 5.36. The summed E-state index contributed by atoms with van der Waals surface area (Å²) < 4.78 is 4.89. The molecule has 1 aliphatic heterocycles. The first kappa shape index (κ1) is 15.2. The van der Waals surface area contributed by atoms with E-state index in [2.05, 4.69) is 13.8 Å². The molecular formula is C15H26O3. The minimum atomic E-state index is -0.289. The fourth-order valence-electron chi connectivity index (χ4n) is 2.55. The zero-order chi connectivity index (χ0) is 13.4. The van der Waals surface area contributed by atoms with Crippen molar-refractivity contribution < 1.29 is 14.3 Å². The maximum Gasteiger partial charge on any atom is 0.316 e. The summed E-state index contributed by atoms with van der Waals surface area (Å²) >= 11 is 0. The SMILES string of the molecule is CCCCC[C@@H]1C[C@H](CCCCC)C(=O)OC1=O. The number of carbonyl (C=O) groups is 2. The van der Waals surface area contributed by atoms with Gasteiger partial charge >= 0.3 is 11.9 Å². The Balaban J connectivity index is 2.39. The number of rotatable bonds is 8. The lowest BCUT2D eigenvalue weighted by Crippen LogP contribution is -2.34. The van der Waals surface area contributed by atoms with Crippen LogP contribution in [0, 0.1) is 11.8 Å². The zero-order valence-corrected chi connectivity index (χ0v) is 11.7. The van der Waals surface area contributed by atoms with Crippen LogP contribution in [0.4, 0.5) is 0 Å². The average Bonchev–Trinajstić information content (AvgIpc) is 2.34. The second kappa shape index (κ2) is 8.28. The van der Waals surface area contributed by atoms with Crippen LogP contribution >= 0.6 is 0 Å². The predicted octanol–water partition coefficient (Wildman–Crippen LogP) is 3.85. The van der Waals surface area contributed by atoms with Gasteiger partial charge in [-0.3, -0.25) is 9.59 Å². The third-order valence-electron chi connectivity index (χ3n) is 3.75. The van der Waals surface area contributed by atoms with Crippen molar-refractivity contribution in [3.05, 3.63) is 0 Å². The van der Waals surface area contributed by atoms with Crippen molar-refractivity contribution in [2.75, 3.05) is 0 Å². The Kier molecular flexibility index (Phi) is 6.99. The standard InChI is InChI=1S/C15H26O3/c1-3-5-7-9-12-11-13(10-8-6-4-2)15(17)18-14(12)16/h12-13H,3-11H2,1-2H3/t12-,13+. The highest BCUT2D eigenvalue weighted by Gasteiger charge is 2.35. The Bertz CT molecular complexity index is 247. The van der Waals surface area contributed by atoms with Gasteiger partial charge in [-0.15, -0.1) is 0 Å². The van der Waals surface area contributed by atoms with Crippen LogP contribution in [-0.4, -0.2) is 11.9 Å². The van der Waals surface area contributed by atoms with Crippen LogP contribution in [0.1, 0.15) is 71.6 Å². The molecule has 1 fully saturated rings. The van der Waals surface area contributed by atoms with Gasteiger partial charge < -0.3 is 4.74 Å². The van der Waals surface area contributed by atoms with Gasteiger partial charge in [-0.1, -0.05) is 52.4 Å². The van der Waals surface area contributed by atoms with Crippen molar-refractivity contribution in [2.24, 2.45) is 11.8 Å². The smallest absolute Gasteiger partial charge is 0.316 e. The molecule has 0 radical (unpaired) electrons. The highest BCUT2D eigenvalue weighted by Crippen LogP contribution is 2.29. The molecule has 0 N–H and O–H groups in total. The second-order valence-electron chi connectivity index (χ2n) is 5.36. The summed E-state index contributed by atoms with van der Waals surface area (Å²) in [6.45, 7) is 4.30. The third kappa shape index (κ3) is 4.79. The molecule has 2 atom stereocenters. The number of cyclic esters (lactones) is 2. The van der Waals surface area contributed by atoms with E-state index in [1.807, 2.05) is 0 Å². The molecule has 1 saturated heterocycles. The molecule has 0 aromatic heterocycles. The van der Waals surface area contributed by atoms with E-state index in [0.717, 1.165) is 51.4 Å². The predicted molar refractivity (Wildman–Crippen MR) is 71.0 cm³/mol. The molecule has 1 rings (SSSR count). The summed E-state index contributed by atoms with van der Waals surface area (Å²) in [4.78, 5) is 23.3. The van der Waals surface area contributed by atoms with E-state index in [0.29, 0.717) is 6.42 Å². The van der Waals surface area contributed by atoms with Crippen LogP contribution in [0.5, 0.6) is 0 Å². The zero-order valence-electron chi connectivity index (χ0n) is 11.7. The molecule has 1 heterocycles. The normalized spacial score (nSPS) is 24.1. The minimum Gasteiger partial charge on any atom is -0.393 e. The van der Waals surface area contributed by atoms with Crippen LogP contribution in [-0.2, 0) is 14.3 Å². The molecule has 3 nitrogen and oxygen atoms in total. The third-order valence-corrected chi connectivity index (χ3v) is 3.75. The summed E-state index contributed by atoms with van der Waals surface area (Å²) in [5, 5.41) is 0. The average molecular weight is 254 g/mol. The van der Waals surface area contributed by atoms with Gasteiger partial charge in [0.2, 0.25) is 0 Å². The first-order chi connectivity index (χ1) is 8.69. The first-order valence-electron chi connectivity index (χ1n) is 7.44. The van der Waals surface area contributed by atoms with Crippen molar-refractivity contribution in [1.29, 1.82) is 0 Å². The number of ether oxygens (including phenoxy) is 1. The van der Waals surface area contributed by atoms with Gasteiger partial charge in [0.05, 0.1) is 11.8 Å². The van der Waals surface area contributed by atoms with Crippen molar-refractivity contribution >= 4 is 11.9 Å². The monoisotopic (exact) mass is 254 g/mol. The topological polar surface area (TPSA) is 43.4 Å². The van der Waals surface area contributed by atoms with E-state index in [9.17, 15) is 9.59 Å². The molecule has 0 aromatic rings. The quantitative estimate of drug-likeness (QED) is 0.375. The van der Waals surface area contributed by atoms with E-state index in [4.69, 9.17) is 4.74 Å². The molecule has 0 bridgehead atoms. The largest absolute Gasteiger partial charge is 0.393 e. The molecule has 0 aliphatic carbocycles. The van der Waals surface area contributed by atoms with Gasteiger partial charge in [-0.25, -0.2) is 0 Å². The number of unbranched alkanes of at least 4 members (excludes halogenated alkanes) is 4. The molecule has 0 amide bonds. The maximum absolute atomic E-state index is 11.6. The molecule has 104 valence electrons. The van der Waals surface area contributed by atoms with Crippen LogP contribution in [0.15, 0.2) is 0 Å². The number of esters is 2. The van der Waals surface area contributed by atoms with E-state index in [-0.39, 0.29) is 23.8 Å². The maximum atomic E-state index is 11.6. The summed E-state index contributed by atoms with van der Waals surface area (Å²) in [7, 11) is 0. The molecule has 18 heavy (non-hydrogen) atoms. The van der Waals surface area contributed by atoms with Crippen LogP contribution in [0.3, 0.4) is 0 Å². The van der Waals surface area contributed by atoms with Crippen LogP contribution < -0.4 is 0 Å². The van der Waals surface area contributed by atoms with Crippen LogP contribution in [0.25, 0.3) is 0 Å². The lowest BCUT2D eigenvalue weighted by atomic mass is 9.85. The lowest BCUT2D eigenvalue weighted by molar-refractivity contribution is -0.172. The van der Waals surface area contributed by atoms with Crippen molar-refractivity contribution in [2.45, 2.75) is 71.6 Å². The van der Waals surface area contributed by atoms with E-state index >= 15 is 0 Å². The molecule has 1 aliphatic rings. The van der Waals surface area contributed by atoms with E-state index in [1.165, 1.54) is 0 Å². The number of hydrogen-bond acceptors (Lipinski definition) is 3. The van der Waals surface area contributed by atoms with Crippen molar-refractivity contribution in [3.8, 4) is 0 Å². The lowest BCUT2D eigenvalue weighted by Gasteiger charge is -2.26. The summed E-state index contributed by atoms with van der Waals surface area (Å²) in [5.41, 5.74) is 0. The number of carbonyl (C=O) groups excluding carboxylic acids is 2. The summed E-state index contributed by atoms with van der Waals surface area (Å²) in [5.74, 6) is -0.660. The Morgan fingerprint density at radius 1 is 0.889 bits per heavy atom. The summed E-state index contributed by atoms with van der Waals surface area (Å²) in [6, 6.07) is 0. The minimum absolute atomic E-state index is 0.0409. The molecule has 0 spiro atoms. The van der Waals surface area contributed by atoms with Crippen molar-refractivity contribution in [3.63, 3.8) is 0 Å². The summed E-state index contributed by atoms with van der Waals surface area (Å²) in [6.07, 6.45) is 9.20. The van der Waals surface area contributed by atoms with Gasteiger partial charge in [0, 0.05) is 0 Å². The Morgan fingerprint density at radius 3 is 1.72 bits per heavy atom. The van der Waals surface area contributed by atoms with Crippen LogP contribution in [0.2, 0.25) is 0 Å². The van der Waals surface area contributed by atoms with Gasteiger partial charge in [-0.05, 0) is 19.3 Å². The van der Waals surface area contributed by atoms with Gasteiger partial charge in [0.15, 0.2) is 0 Å². The van der Waals surface area contributed by atoms with Crippen molar-refractivity contribution in [1.82, 2.24) is 0 Å². The van der Waals surface area contributed by atoms with Gasteiger partial charge in [-0.2, -0.15) is 0 Å². The Labute approximate surface area is 110 Å². The molecule has 0 saturated carbocycles. The van der Waals surface area contributed by atoms with E-state index < -0.39 is 0 Å². The van der Waals surface area contributed by atoms with Gasteiger partial charge in [0.1, 0.15) is 0 Å². The van der Waals surface area contributed by atoms with E-state index in [1.54, 1.807) is 0 Å². The Morgan fingerprint density at radius 2 is 1.33 bits per heavy atom. The molecule has 3 heteroatoms. The first-order valence-corrected chi connectivity index (χ1v) is 7.44. The molecule has 0 aromatic carbocycles. The number of hydrogen-bond donors (Lipinski definition) is 0. The van der Waals surface area contributed by atoms with Gasteiger partial charge in [0.25, 0.3) is 0 Å². The Hall–Kier alpha value is -0.860. The highest BCUT2D eigenvalue weighted by molar-refractivity contribution is 5.90. The molecular weight excluding hydrogens is 228 g/mol.